The summed E-state index contributed by atoms with van der Waals surface area (Å²) in [5.74, 6) is -0.242. The molecule has 1 unspecified atom stereocenters. The smallest absolute Gasteiger partial charge is 0.383 e. The van der Waals surface area contributed by atoms with Crippen LogP contribution in [0.1, 0.15) is 36.8 Å². The topological polar surface area (TPSA) is 49.9 Å². The Labute approximate surface area is 162 Å². The molecule has 0 aromatic heterocycles. The number of benzene rings is 1. The number of ether oxygens (including phenoxy) is 1. The van der Waals surface area contributed by atoms with Crippen LogP contribution in [-0.4, -0.2) is 60.5 Å². The van der Waals surface area contributed by atoms with Gasteiger partial charge in [0.2, 0.25) is 11.8 Å². The summed E-state index contributed by atoms with van der Waals surface area (Å²) in [6, 6.07) is 4.63. The minimum absolute atomic E-state index is 0.00869. The highest BCUT2D eigenvalue weighted by Gasteiger charge is 2.52. The highest BCUT2D eigenvalue weighted by Crippen LogP contribution is 2.38. The lowest BCUT2D eigenvalue weighted by atomic mass is 9.85. The quantitative estimate of drug-likeness (QED) is 0.767. The first kappa shape index (κ1) is 20.6. The number of nitrogens with zero attached hydrogens (tertiary/aromatic N) is 2. The molecule has 0 N–H and O–H groups in total. The van der Waals surface area contributed by atoms with Crippen LogP contribution in [0.4, 0.5) is 13.2 Å². The molecule has 3 rings (SSSR count). The van der Waals surface area contributed by atoms with Crippen LogP contribution in [0.5, 0.6) is 0 Å². The van der Waals surface area contributed by atoms with Gasteiger partial charge in [-0.05, 0) is 43.4 Å². The fourth-order valence-electron chi connectivity index (χ4n) is 4.29. The maximum Gasteiger partial charge on any atom is 0.416 e. The maximum atomic E-state index is 13.1. The normalized spacial score (nSPS) is 22.9. The zero-order chi connectivity index (χ0) is 20.4. The Kier molecular flexibility index (Phi) is 5.98. The lowest BCUT2D eigenvalue weighted by molar-refractivity contribution is -0.155. The number of amides is 2. The van der Waals surface area contributed by atoms with Gasteiger partial charge in [-0.25, -0.2) is 0 Å². The van der Waals surface area contributed by atoms with Crippen molar-refractivity contribution in [2.45, 2.75) is 43.8 Å². The molecule has 1 aromatic carbocycles. The molecule has 2 amide bonds. The van der Waals surface area contributed by atoms with E-state index < -0.39 is 17.3 Å². The molecule has 0 aliphatic carbocycles. The lowest BCUT2D eigenvalue weighted by Crippen LogP contribution is -2.61. The fourth-order valence-corrected chi connectivity index (χ4v) is 4.29. The van der Waals surface area contributed by atoms with E-state index in [-0.39, 0.29) is 18.2 Å². The van der Waals surface area contributed by atoms with Gasteiger partial charge in [0.25, 0.3) is 0 Å². The number of halogens is 3. The standard InChI is InChI=1S/C20H25F3N2O3/c1-28-13-12-24-10-2-8-19(18(24)27)9-3-11-25(19)17(26)14-15-4-6-16(7-5-15)20(21,22)23/h4-7H,2-3,8-14H2,1H3. The van der Waals surface area contributed by atoms with Crippen molar-refractivity contribution < 1.29 is 27.5 Å². The van der Waals surface area contributed by atoms with Crippen molar-refractivity contribution >= 4 is 11.8 Å². The van der Waals surface area contributed by atoms with Crippen molar-refractivity contribution in [1.82, 2.24) is 9.80 Å². The predicted molar refractivity (Wildman–Crippen MR) is 96.5 cm³/mol. The second-order valence-electron chi connectivity index (χ2n) is 7.44. The molecule has 2 aliphatic heterocycles. The van der Waals surface area contributed by atoms with Crippen LogP contribution in [0.25, 0.3) is 0 Å². The molecular weight excluding hydrogens is 373 g/mol. The first-order chi connectivity index (χ1) is 13.3. The van der Waals surface area contributed by atoms with Gasteiger partial charge in [0.15, 0.2) is 0 Å². The van der Waals surface area contributed by atoms with E-state index in [0.29, 0.717) is 44.6 Å². The highest BCUT2D eigenvalue weighted by atomic mass is 19.4. The van der Waals surface area contributed by atoms with Gasteiger partial charge >= 0.3 is 6.18 Å². The van der Waals surface area contributed by atoms with Crippen LogP contribution < -0.4 is 0 Å². The Balaban J connectivity index is 1.73. The minimum Gasteiger partial charge on any atom is -0.383 e. The second-order valence-corrected chi connectivity index (χ2v) is 7.44. The van der Waals surface area contributed by atoms with Gasteiger partial charge in [-0.15, -0.1) is 0 Å². The average molecular weight is 398 g/mol. The summed E-state index contributed by atoms with van der Waals surface area (Å²) in [6.45, 7) is 2.10. The lowest BCUT2D eigenvalue weighted by Gasteiger charge is -2.44. The van der Waals surface area contributed by atoms with Crippen LogP contribution in [0, 0.1) is 0 Å². The molecule has 1 spiro atoms. The van der Waals surface area contributed by atoms with Gasteiger partial charge in [-0.2, -0.15) is 13.2 Å². The summed E-state index contributed by atoms with van der Waals surface area (Å²) < 4.78 is 43.2. The Morgan fingerprint density at radius 1 is 1.14 bits per heavy atom. The number of hydrogen-bond acceptors (Lipinski definition) is 3. The summed E-state index contributed by atoms with van der Waals surface area (Å²) >= 11 is 0. The largest absolute Gasteiger partial charge is 0.416 e. The van der Waals surface area contributed by atoms with E-state index in [4.69, 9.17) is 4.74 Å². The molecule has 0 saturated carbocycles. The van der Waals surface area contributed by atoms with Crippen molar-refractivity contribution in [3.05, 3.63) is 35.4 Å². The first-order valence-electron chi connectivity index (χ1n) is 9.53. The SMILES string of the molecule is COCCN1CCCC2(CCCN2C(=O)Cc2ccc(C(F)(F)F)cc2)C1=O. The maximum absolute atomic E-state index is 13.1. The number of likely N-dealkylation sites (tertiary alicyclic amines) is 2. The van der Waals surface area contributed by atoms with Crippen molar-refractivity contribution in [1.29, 1.82) is 0 Å². The molecule has 2 aliphatic rings. The zero-order valence-corrected chi connectivity index (χ0v) is 15.9. The molecular formula is C20H25F3N2O3. The highest BCUT2D eigenvalue weighted by molar-refractivity contribution is 5.93. The molecule has 1 atom stereocenters. The third-order valence-corrected chi connectivity index (χ3v) is 5.70. The van der Waals surface area contributed by atoms with Gasteiger partial charge in [0.05, 0.1) is 18.6 Å². The number of rotatable bonds is 5. The third kappa shape index (κ3) is 4.01. The Morgan fingerprint density at radius 3 is 2.39 bits per heavy atom. The second kappa shape index (κ2) is 8.11. The van der Waals surface area contributed by atoms with E-state index in [2.05, 4.69) is 0 Å². The van der Waals surface area contributed by atoms with Crippen molar-refractivity contribution in [3.8, 4) is 0 Å². The molecule has 2 heterocycles. The van der Waals surface area contributed by atoms with E-state index in [1.165, 1.54) is 12.1 Å². The Bertz CT molecular complexity index is 720. The van der Waals surface area contributed by atoms with Crippen molar-refractivity contribution in [3.63, 3.8) is 0 Å². The van der Waals surface area contributed by atoms with Gasteiger partial charge in [0.1, 0.15) is 5.54 Å². The van der Waals surface area contributed by atoms with E-state index >= 15 is 0 Å². The molecule has 28 heavy (non-hydrogen) atoms. The summed E-state index contributed by atoms with van der Waals surface area (Å²) in [4.78, 5) is 29.5. The van der Waals surface area contributed by atoms with Gasteiger partial charge in [-0.1, -0.05) is 12.1 Å². The zero-order valence-electron chi connectivity index (χ0n) is 15.9. The average Bonchev–Trinajstić information content (AvgIpc) is 3.07. The van der Waals surface area contributed by atoms with Crippen LogP contribution in [0.3, 0.4) is 0 Å². The van der Waals surface area contributed by atoms with Crippen molar-refractivity contribution in [2.75, 3.05) is 33.4 Å². The van der Waals surface area contributed by atoms with Crippen molar-refractivity contribution in [2.24, 2.45) is 0 Å². The van der Waals surface area contributed by atoms with Crippen LogP contribution in [0.15, 0.2) is 24.3 Å². The molecule has 2 fully saturated rings. The van der Waals surface area contributed by atoms with E-state index in [1.807, 2.05) is 0 Å². The van der Waals surface area contributed by atoms with Crippen LogP contribution in [0.2, 0.25) is 0 Å². The van der Waals surface area contributed by atoms with Crippen LogP contribution in [-0.2, 0) is 26.9 Å². The predicted octanol–water partition coefficient (Wildman–Crippen LogP) is 2.88. The first-order valence-corrected chi connectivity index (χ1v) is 9.53. The van der Waals surface area contributed by atoms with Gasteiger partial charge < -0.3 is 14.5 Å². The minimum atomic E-state index is -4.40. The summed E-state index contributed by atoms with van der Waals surface area (Å²) in [5.41, 5.74) is -1.04. The Hall–Kier alpha value is -2.09. The molecule has 154 valence electrons. The molecule has 2 saturated heterocycles. The number of carbonyl (C=O) groups excluding carboxylic acids is 2. The molecule has 5 nitrogen and oxygen atoms in total. The van der Waals surface area contributed by atoms with Gasteiger partial charge in [0, 0.05) is 26.7 Å². The number of hydrogen-bond donors (Lipinski definition) is 0. The summed E-state index contributed by atoms with van der Waals surface area (Å²) in [7, 11) is 1.58. The number of piperidine rings is 1. The fraction of sp³-hybridized carbons (Fsp3) is 0.600. The Morgan fingerprint density at radius 2 is 1.79 bits per heavy atom. The van der Waals surface area contributed by atoms with Crippen LogP contribution >= 0.6 is 0 Å². The summed E-state index contributed by atoms with van der Waals surface area (Å²) in [6.07, 6.45) is -1.57. The molecule has 1 aromatic rings. The van der Waals surface area contributed by atoms with E-state index in [9.17, 15) is 22.8 Å². The number of methoxy groups -OCH3 is 1. The summed E-state index contributed by atoms with van der Waals surface area (Å²) in [5, 5.41) is 0. The molecule has 8 heteroatoms. The molecule has 0 radical (unpaired) electrons. The number of carbonyl (C=O) groups is 2. The third-order valence-electron chi connectivity index (χ3n) is 5.70. The monoisotopic (exact) mass is 398 g/mol. The number of alkyl halides is 3. The van der Waals surface area contributed by atoms with Gasteiger partial charge in [-0.3, -0.25) is 9.59 Å². The van der Waals surface area contributed by atoms with E-state index in [1.54, 1.807) is 16.9 Å². The molecule has 0 bridgehead atoms. The van der Waals surface area contributed by atoms with E-state index in [0.717, 1.165) is 25.0 Å².